The van der Waals surface area contributed by atoms with E-state index in [1.54, 1.807) is 31.4 Å². The Bertz CT molecular complexity index is 702. The van der Waals surface area contributed by atoms with E-state index in [4.69, 9.17) is 16.3 Å². The van der Waals surface area contributed by atoms with Gasteiger partial charge in [0.05, 0.1) is 12.1 Å². The number of pyridine rings is 1. The van der Waals surface area contributed by atoms with Crippen LogP contribution in [0.15, 0.2) is 36.4 Å². The topological polar surface area (TPSA) is 63.2 Å². The molecule has 1 aliphatic rings. The van der Waals surface area contributed by atoms with Gasteiger partial charge in [-0.25, -0.2) is 4.98 Å². The zero-order chi connectivity index (χ0) is 15.5. The largest absolute Gasteiger partial charge is 0.495 e. The summed E-state index contributed by atoms with van der Waals surface area (Å²) < 4.78 is 5.08. The molecular weight excluding hydrogens is 302 g/mol. The van der Waals surface area contributed by atoms with Crippen LogP contribution in [0.5, 0.6) is 5.75 Å². The van der Waals surface area contributed by atoms with Gasteiger partial charge in [-0.15, -0.1) is 0 Å². The fourth-order valence-corrected chi connectivity index (χ4v) is 2.28. The molecule has 3 rings (SSSR count). The molecule has 0 bridgehead atoms. The molecule has 5 nitrogen and oxygen atoms in total. The van der Waals surface area contributed by atoms with Crippen LogP contribution in [0.1, 0.15) is 23.3 Å². The Balaban J connectivity index is 1.72. The zero-order valence-electron chi connectivity index (χ0n) is 12.1. The normalized spacial score (nSPS) is 13.5. The highest BCUT2D eigenvalue weighted by Gasteiger charge is 2.21. The lowest BCUT2D eigenvalue weighted by Crippen LogP contribution is -2.15. The first-order chi connectivity index (χ1) is 10.7. The van der Waals surface area contributed by atoms with Gasteiger partial charge in [0.2, 0.25) is 0 Å². The Hall–Kier alpha value is -2.27. The second kappa shape index (κ2) is 6.23. The smallest absolute Gasteiger partial charge is 0.274 e. The number of amides is 1. The molecule has 1 heterocycles. The summed E-state index contributed by atoms with van der Waals surface area (Å²) in [5.74, 6) is 1.01. The molecule has 1 saturated carbocycles. The Morgan fingerprint density at radius 2 is 2.14 bits per heavy atom. The Labute approximate surface area is 133 Å². The maximum absolute atomic E-state index is 12.3. The molecule has 2 aromatic rings. The molecule has 2 N–H and O–H groups in total. The number of ether oxygens (including phenoxy) is 1. The van der Waals surface area contributed by atoms with Crippen molar-refractivity contribution in [2.75, 3.05) is 17.7 Å². The summed E-state index contributed by atoms with van der Waals surface area (Å²) in [6.45, 7) is 0. The molecule has 1 aliphatic carbocycles. The van der Waals surface area contributed by atoms with Crippen LogP contribution in [-0.2, 0) is 0 Å². The van der Waals surface area contributed by atoms with Crippen LogP contribution in [0.3, 0.4) is 0 Å². The van der Waals surface area contributed by atoms with E-state index in [0.29, 0.717) is 28.2 Å². The molecule has 0 atom stereocenters. The standard InChI is InChI=1S/C16H16ClN3O2/c1-22-14-8-7-11(9-12(14)17)19-16(21)13-3-2-4-15(20-13)18-10-5-6-10/h2-4,7-10H,5-6H2,1H3,(H,18,20)(H,19,21). The molecule has 1 aromatic carbocycles. The van der Waals surface area contributed by atoms with Crippen LogP contribution in [0, 0.1) is 0 Å². The summed E-state index contributed by atoms with van der Waals surface area (Å²) in [5.41, 5.74) is 0.954. The summed E-state index contributed by atoms with van der Waals surface area (Å²) in [4.78, 5) is 16.6. The maximum atomic E-state index is 12.3. The monoisotopic (exact) mass is 317 g/mol. The van der Waals surface area contributed by atoms with Gasteiger partial charge in [-0.1, -0.05) is 17.7 Å². The molecular formula is C16H16ClN3O2. The number of benzene rings is 1. The van der Waals surface area contributed by atoms with Crippen LogP contribution in [0.2, 0.25) is 5.02 Å². The zero-order valence-corrected chi connectivity index (χ0v) is 12.9. The fourth-order valence-electron chi connectivity index (χ4n) is 2.02. The lowest BCUT2D eigenvalue weighted by atomic mass is 10.2. The lowest BCUT2D eigenvalue weighted by Gasteiger charge is -2.09. The number of carbonyl (C=O) groups is 1. The van der Waals surface area contributed by atoms with Crippen molar-refractivity contribution in [3.63, 3.8) is 0 Å². The van der Waals surface area contributed by atoms with E-state index in [9.17, 15) is 4.79 Å². The molecule has 6 heteroatoms. The van der Waals surface area contributed by atoms with Crippen molar-refractivity contribution >= 4 is 29.0 Å². The highest BCUT2D eigenvalue weighted by atomic mass is 35.5. The Kier molecular flexibility index (Phi) is 4.15. The number of methoxy groups -OCH3 is 1. The van der Waals surface area contributed by atoms with Gasteiger partial charge in [-0.3, -0.25) is 4.79 Å². The molecule has 0 saturated heterocycles. The van der Waals surface area contributed by atoms with E-state index in [1.807, 2.05) is 12.1 Å². The number of anilines is 2. The van der Waals surface area contributed by atoms with E-state index in [0.717, 1.165) is 18.7 Å². The van der Waals surface area contributed by atoms with Crippen molar-refractivity contribution in [1.82, 2.24) is 4.98 Å². The lowest BCUT2D eigenvalue weighted by molar-refractivity contribution is 0.102. The summed E-state index contributed by atoms with van der Waals surface area (Å²) in [6.07, 6.45) is 2.31. The number of halogens is 1. The van der Waals surface area contributed by atoms with Crippen molar-refractivity contribution < 1.29 is 9.53 Å². The highest BCUT2D eigenvalue weighted by Crippen LogP contribution is 2.27. The van der Waals surface area contributed by atoms with Crippen LogP contribution in [-0.4, -0.2) is 24.0 Å². The van der Waals surface area contributed by atoms with Crippen molar-refractivity contribution in [2.45, 2.75) is 18.9 Å². The number of aromatic nitrogens is 1. The summed E-state index contributed by atoms with van der Waals surface area (Å²) in [7, 11) is 1.54. The quantitative estimate of drug-likeness (QED) is 0.885. The highest BCUT2D eigenvalue weighted by molar-refractivity contribution is 6.32. The van der Waals surface area contributed by atoms with Gasteiger partial charge in [0.15, 0.2) is 0 Å². The van der Waals surface area contributed by atoms with Gasteiger partial charge in [0.25, 0.3) is 5.91 Å². The average Bonchev–Trinajstić information content (AvgIpc) is 3.32. The van der Waals surface area contributed by atoms with Gasteiger partial charge in [-0.05, 0) is 43.2 Å². The van der Waals surface area contributed by atoms with E-state index < -0.39 is 0 Å². The van der Waals surface area contributed by atoms with E-state index >= 15 is 0 Å². The number of hydrogen-bond acceptors (Lipinski definition) is 4. The molecule has 22 heavy (non-hydrogen) atoms. The second-order valence-corrected chi connectivity index (χ2v) is 5.54. The van der Waals surface area contributed by atoms with Gasteiger partial charge in [0.1, 0.15) is 17.3 Å². The fraction of sp³-hybridized carbons (Fsp3) is 0.250. The minimum Gasteiger partial charge on any atom is -0.495 e. The molecule has 0 radical (unpaired) electrons. The molecule has 1 fully saturated rings. The second-order valence-electron chi connectivity index (χ2n) is 5.13. The Morgan fingerprint density at radius 1 is 1.32 bits per heavy atom. The third kappa shape index (κ3) is 3.49. The predicted molar refractivity (Wildman–Crippen MR) is 86.8 cm³/mol. The van der Waals surface area contributed by atoms with Gasteiger partial charge >= 0.3 is 0 Å². The van der Waals surface area contributed by atoms with Gasteiger partial charge in [-0.2, -0.15) is 0 Å². The third-order valence-corrected chi connectivity index (χ3v) is 3.62. The number of nitrogens with one attached hydrogen (secondary N) is 2. The summed E-state index contributed by atoms with van der Waals surface area (Å²) >= 11 is 6.05. The van der Waals surface area contributed by atoms with Gasteiger partial charge in [0, 0.05) is 11.7 Å². The first kappa shape index (κ1) is 14.7. The Morgan fingerprint density at radius 3 is 2.82 bits per heavy atom. The van der Waals surface area contributed by atoms with Crippen LogP contribution in [0.4, 0.5) is 11.5 Å². The number of rotatable bonds is 5. The summed E-state index contributed by atoms with van der Waals surface area (Å²) in [6, 6.07) is 10.9. The van der Waals surface area contributed by atoms with Crippen molar-refractivity contribution in [2.24, 2.45) is 0 Å². The minimum absolute atomic E-state index is 0.277. The maximum Gasteiger partial charge on any atom is 0.274 e. The number of carbonyl (C=O) groups excluding carboxylic acids is 1. The summed E-state index contributed by atoms with van der Waals surface area (Å²) in [5, 5.41) is 6.49. The molecule has 0 unspecified atom stereocenters. The first-order valence-electron chi connectivity index (χ1n) is 7.04. The predicted octanol–water partition coefficient (Wildman–Crippen LogP) is 3.57. The van der Waals surface area contributed by atoms with Crippen LogP contribution in [0.25, 0.3) is 0 Å². The first-order valence-corrected chi connectivity index (χ1v) is 7.42. The minimum atomic E-state index is -0.277. The SMILES string of the molecule is COc1ccc(NC(=O)c2cccc(NC3CC3)n2)cc1Cl. The molecule has 1 amide bonds. The molecule has 0 aliphatic heterocycles. The van der Waals surface area contributed by atoms with Crippen molar-refractivity contribution in [1.29, 1.82) is 0 Å². The number of nitrogens with zero attached hydrogens (tertiary/aromatic N) is 1. The number of hydrogen-bond donors (Lipinski definition) is 2. The van der Waals surface area contributed by atoms with Crippen LogP contribution < -0.4 is 15.4 Å². The van der Waals surface area contributed by atoms with E-state index in [1.165, 1.54) is 0 Å². The molecule has 114 valence electrons. The molecule has 1 aromatic heterocycles. The van der Waals surface area contributed by atoms with Crippen molar-refractivity contribution in [3.8, 4) is 5.75 Å². The average molecular weight is 318 g/mol. The van der Waals surface area contributed by atoms with Crippen LogP contribution >= 0.6 is 11.6 Å². The van der Waals surface area contributed by atoms with E-state index in [-0.39, 0.29) is 5.91 Å². The van der Waals surface area contributed by atoms with E-state index in [2.05, 4.69) is 15.6 Å². The molecule has 0 spiro atoms. The van der Waals surface area contributed by atoms with Crippen molar-refractivity contribution in [3.05, 3.63) is 47.1 Å². The van der Waals surface area contributed by atoms with Gasteiger partial charge < -0.3 is 15.4 Å². The third-order valence-electron chi connectivity index (χ3n) is 3.32.